The number of benzene rings is 1. The summed E-state index contributed by atoms with van der Waals surface area (Å²) < 4.78 is 5.50. The average Bonchev–Trinajstić information content (AvgIpc) is 2.76. The minimum Gasteiger partial charge on any atom is -0.477 e. The van der Waals surface area contributed by atoms with E-state index in [1.165, 1.54) is 11.1 Å². The molecule has 0 saturated heterocycles. The van der Waals surface area contributed by atoms with Crippen LogP contribution in [0.4, 0.5) is 0 Å². The number of hydrogen-bond acceptors (Lipinski definition) is 2. The zero-order valence-electron chi connectivity index (χ0n) is 9.23. The molecule has 0 saturated carbocycles. The van der Waals surface area contributed by atoms with Gasteiger partial charge in [0.05, 0.1) is 12.3 Å². The van der Waals surface area contributed by atoms with E-state index in [0.29, 0.717) is 0 Å². The molecule has 0 aliphatic carbocycles. The molecular weight excluding hydrogens is 198 g/mol. The van der Waals surface area contributed by atoms with Crippen LogP contribution in [0, 0.1) is 6.92 Å². The number of pyridine rings is 1. The minimum atomic E-state index is 0.764. The highest BCUT2D eigenvalue weighted by Gasteiger charge is 2.16. The topological polar surface area (TPSA) is 22.1 Å². The van der Waals surface area contributed by atoms with Gasteiger partial charge in [-0.1, -0.05) is 30.3 Å². The van der Waals surface area contributed by atoms with Crippen LogP contribution in [0.3, 0.4) is 0 Å². The zero-order valence-corrected chi connectivity index (χ0v) is 9.23. The molecule has 2 aromatic rings. The first-order chi connectivity index (χ1) is 7.84. The lowest BCUT2D eigenvalue weighted by Crippen LogP contribution is -1.92. The van der Waals surface area contributed by atoms with E-state index in [0.717, 1.165) is 30.2 Å². The molecule has 80 valence electrons. The van der Waals surface area contributed by atoms with Gasteiger partial charge >= 0.3 is 0 Å². The van der Waals surface area contributed by atoms with E-state index in [9.17, 15) is 0 Å². The second-order valence-corrected chi connectivity index (χ2v) is 4.08. The normalized spacial score (nSPS) is 13.3. The number of nitrogens with zero attached hydrogens (tertiary/aromatic N) is 1. The third kappa shape index (κ3) is 1.47. The molecule has 0 bridgehead atoms. The quantitative estimate of drug-likeness (QED) is 0.723. The molecule has 1 aromatic heterocycles. The van der Waals surface area contributed by atoms with Crippen molar-refractivity contribution in [3.8, 4) is 17.1 Å². The molecule has 0 radical (unpaired) electrons. The number of ether oxygens (including phenoxy) is 1. The number of aromatic nitrogens is 1. The van der Waals surface area contributed by atoms with E-state index >= 15 is 0 Å². The summed E-state index contributed by atoms with van der Waals surface area (Å²) in [5, 5.41) is 0. The van der Waals surface area contributed by atoms with Gasteiger partial charge in [-0.2, -0.15) is 0 Å². The Bertz CT molecular complexity index is 520. The Kier molecular flexibility index (Phi) is 2.13. The van der Waals surface area contributed by atoms with Crippen molar-refractivity contribution in [2.24, 2.45) is 0 Å². The standard InChI is InChI=1S/C14H13NO/c1-10-9-12-7-8-16-14(12)15-13(10)11-5-3-2-4-6-11/h2-6,9H,7-8H2,1H3. The Morgan fingerprint density at radius 1 is 1.19 bits per heavy atom. The monoisotopic (exact) mass is 211 g/mol. The summed E-state index contributed by atoms with van der Waals surface area (Å²) in [6.45, 7) is 2.87. The number of aryl methyl sites for hydroxylation is 1. The van der Waals surface area contributed by atoms with Gasteiger partial charge in [0.1, 0.15) is 0 Å². The lowest BCUT2D eigenvalue weighted by molar-refractivity contribution is 0.345. The number of rotatable bonds is 1. The Morgan fingerprint density at radius 3 is 2.81 bits per heavy atom. The second-order valence-electron chi connectivity index (χ2n) is 4.08. The molecule has 2 nitrogen and oxygen atoms in total. The van der Waals surface area contributed by atoms with E-state index in [4.69, 9.17) is 4.74 Å². The minimum absolute atomic E-state index is 0.764. The smallest absolute Gasteiger partial charge is 0.217 e. The summed E-state index contributed by atoms with van der Waals surface area (Å²) in [6, 6.07) is 12.4. The fraction of sp³-hybridized carbons (Fsp3) is 0.214. The molecule has 2 heteroatoms. The lowest BCUT2D eigenvalue weighted by atomic mass is 10.0. The summed E-state index contributed by atoms with van der Waals surface area (Å²) >= 11 is 0. The van der Waals surface area contributed by atoms with Crippen LogP contribution in [0.1, 0.15) is 11.1 Å². The molecular formula is C14H13NO. The number of fused-ring (bicyclic) bond motifs is 1. The zero-order chi connectivity index (χ0) is 11.0. The predicted octanol–water partition coefficient (Wildman–Crippen LogP) is 2.99. The molecule has 1 aliphatic rings. The van der Waals surface area contributed by atoms with Crippen LogP contribution in [0.5, 0.6) is 5.88 Å². The second kappa shape index (κ2) is 3.63. The molecule has 1 aromatic carbocycles. The number of hydrogen-bond donors (Lipinski definition) is 0. The molecule has 1 aliphatic heterocycles. The summed E-state index contributed by atoms with van der Waals surface area (Å²) in [5.41, 5.74) is 4.63. The van der Waals surface area contributed by atoms with Crippen molar-refractivity contribution < 1.29 is 4.74 Å². The highest BCUT2D eigenvalue weighted by atomic mass is 16.5. The Hall–Kier alpha value is -1.83. The summed E-state index contributed by atoms with van der Waals surface area (Å²) in [4.78, 5) is 4.60. The first kappa shape index (κ1) is 9.40. The van der Waals surface area contributed by atoms with Gasteiger partial charge in [-0.15, -0.1) is 0 Å². The van der Waals surface area contributed by atoms with Crippen molar-refractivity contribution >= 4 is 0 Å². The van der Waals surface area contributed by atoms with E-state index in [1.807, 2.05) is 18.2 Å². The molecule has 2 heterocycles. The molecule has 0 fully saturated rings. The van der Waals surface area contributed by atoms with Crippen LogP contribution in [0.2, 0.25) is 0 Å². The third-order valence-electron chi connectivity index (χ3n) is 2.91. The lowest BCUT2D eigenvalue weighted by Gasteiger charge is -2.07. The van der Waals surface area contributed by atoms with Crippen molar-refractivity contribution in [2.45, 2.75) is 13.3 Å². The third-order valence-corrected chi connectivity index (χ3v) is 2.91. The van der Waals surface area contributed by atoms with Gasteiger partial charge in [0.2, 0.25) is 5.88 Å². The SMILES string of the molecule is Cc1cc2c(nc1-c1ccccc1)OCC2. The van der Waals surface area contributed by atoms with Crippen LogP contribution in [0.15, 0.2) is 36.4 Å². The van der Waals surface area contributed by atoms with Gasteiger partial charge in [0, 0.05) is 17.5 Å². The van der Waals surface area contributed by atoms with Crippen molar-refractivity contribution in [1.82, 2.24) is 4.98 Å². The molecule has 0 unspecified atom stereocenters. The maximum absolute atomic E-state index is 5.50. The maximum Gasteiger partial charge on any atom is 0.217 e. The Morgan fingerprint density at radius 2 is 2.00 bits per heavy atom. The van der Waals surface area contributed by atoms with Crippen LogP contribution >= 0.6 is 0 Å². The van der Waals surface area contributed by atoms with Crippen LogP contribution in [-0.2, 0) is 6.42 Å². The average molecular weight is 211 g/mol. The first-order valence-corrected chi connectivity index (χ1v) is 5.53. The van der Waals surface area contributed by atoms with E-state index in [1.54, 1.807) is 0 Å². The van der Waals surface area contributed by atoms with Gasteiger partial charge in [-0.25, -0.2) is 4.98 Å². The fourth-order valence-electron chi connectivity index (χ4n) is 2.10. The molecule has 0 amide bonds. The van der Waals surface area contributed by atoms with Crippen molar-refractivity contribution in [3.63, 3.8) is 0 Å². The Labute approximate surface area is 94.9 Å². The van der Waals surface area contributed by atoms with Gasteiger partial charge in [-0.05, 0) is 18.6 Å². The summed E-state index contributed by atoms with van der Waals surface area (Å²) in [6.07, 6.45) is 0.984. The molecule has 0 N–H and O–H groups in total. The van der Waals surface area contributed by atoms with Crippen molar-refractivity contribution in [2.75, 3.05) is 6.61 Å². The highest BCUT2D eigenvalue weighted by molar-refractivity contribution is 5.64. The highest BCUT2D eigenvalue weighted by Crippen LogP contribution is 2.29. The van der Waals surface area contributed by atoms with Gasteiger partial charge in [0.25, 0.3) is 0 Å². The predicted molar refractivity (Wildman–Crippen MR) is 63.6 cm³/mol. The molecule has 16 heavy (non-hydrogen) atoms. The molecule has 3 rings (SSSR count). The van der Waals surface area contributed by atoms with E-state index in [-0.39, 0.29) is 0 Å². The first-order valence-electron chi connectivity index (χ1n) is 5.53. The van der Waals surface area contributed by atoms with E-state index in [2.05, 4.69) is 30.1 Å². The van der Waals surface area contributed by atoms with Gasteiger partial charge < -0.3 is 4.74 Å². The van der Waals surface area contributed by atoms with E-state index < -0.39 is 0 Å². The Balaban J connectivity index is 2.15. The van der Waals surface area contributed by atoms with Crippen molar-refractivity contribution in [3.05, 3.63) is 47.5 Å². The fourth-order valence-corrected chi connectivity index (χ4v) is 2.10. The molecule has 0 spiro atoms. The largest absolute Gasteiger partial charge is 0.477 e. The van der Waals surface area contributed by atoms with Crippen LogP contribution in [-0.4, -0.2) is 11.6 Å². The maximum atomic E-state index is 5.50. The van der Waals surface area contributed by atoms with Crippen LogP contribution < -0.4 is 4.74 Å². The van der Waals surface area contributed by atoms with Gasteiger partial charge in [-0.3, -0.25) is 0 Å². The van der Waals surface area contributed by atoms with Crippen LogP contribution in [0.25, 0.3) is 11.3 Å². The van der Waals surface area contributed by atoms with Crippen molar-refractivity contribution in [1.29, 1.82) is 0 Å². The molecule has 0 atom stereocenters. The summed E-state index contributed by atoms with van der Waals surface area (Å²) in [5.74, 6) is 0.810. The van der Waals surface area contributed by atoms with Gasteiger partial charge in [0.15, 0.2) is 0 Å². The summed E-state index contributed by atoms with van der Waals surface area (Å²) in [7, 11) is 0.